The van der Waals surface area contributed by atoms with Gasteiger partial charge in [0.25, 0.3) is 11.6 Å². The van der Waals surface area contributed by atoms with Crippen molar-refractivity contribution >= 4 is 44.7 Å². The minimum atomic E-state index is -0.715. The number of nitrogens with one attached hydrogen (secondary N) is 1. The van der Waals surface area contributed by atoms with E-state index in [2.05, 4.69) is 10.3 Å². The van der Waals surface area contributed by atoms with Crippen LogP contribution in [0.1, 0.15) is 10.4 Å². The number of hydrogen-bond acceptors (Lipinski definition) is 7. The van der Waals surface area contributed by atoms with Gasteiger partial charge in [0.2, 0.25) is 0 Å². The molecule has 0 fully saturated rings. The van der Waals surface area contributed by atoms with Gasteiger partial charge >= 0.3 is 5.00 Å². The fourth-order valence-corrected chi connectivity index (χ4v) is 2.18. The number of thiazole rings is 1. The van der Waals surface area contributed by atoms with Crippen molar-refractivity contribution in [3.8, 4) is 0 Å². The van der Waals surface area contributed by atoms with E-state index in [0.29, 0.717) is 11.3 Å². The minimum Gasteiger partial charge on any atom is -0.298 e. The van der Waals surface area contributed by atoms with Gasteiger partial charge in [0.15, 0.2) is 5.13 Å². The van der Waals surface area contributed by atoms with Gasteiger partial charge < -0.3 is 0 Å². The molecule has 0 aliphatic carbocycles. The summed E-state index contributed by atoms with van der Waals surface area (Å²) in [6, 6.07) is 3.53. The predicted molar refractivity (Wildman–Crippen MR) is 74.8 cm³/mol. The van der Waals surface area contributed by atoms with Crippen molar-refractivity contribution < 1.29 is 14.6 Å². The highest BCUT2D eigenvalue weighted by Crippen LogP contribution is 2.27. The zero-order valence-electron chi connectivity index (χ0n) is 9.98. The van der Waals surface area contributed by atoms with E-state index in [1.807, 2.05) is 0 Å². The van der Waals surface area contributed by atoms with Crippen molar-refractivity contribution in [1.82, 2.24) is 4.98 Å². The largest absolute Gasteiger partial charge is 0.345 e. The zero-order chi connectivity index (χ0) is 15.6. The monoisotopic (exact) mass is 328 g/mol. The Balaban J connectivity index is 2.22. The van der Waals surface area contributed by atoms with Crippen LogP contribution >= 0.6 is 22.9 Å². The summed E-state index contributed by atoms with van der Waals surface area (Å²) in [6.07, 6.45) is 1.00. The zero-order valence-corrected chi connectivity index (χ0v) is 11.6. The highest BCUT2D eigenvalue weighted by Gasteiger charge is 2.18. The molecule has 1 amide bonds. The molecule has 0 aliphatic heterocycles. The Hall–Kier alpha value is -2.59. The summed E-state index contributed by atoms with van der Waals surface area (Å²) in [5.41, 5.74) is -0.418. The lowest BCUT2D eigenvalue weighted by atomic mass is 10.2. The number of carbonyl (C=O) groups excluding carboxylic acids is 1. The first-order valence-corrected chi connectivity index (χ1v) is 6.43. The van der Waals surface area contributed by atoms with Crippen LogP contribution in [-0.4, -0.2) is 20.7 Å². The van der Waals surface area contributed by atoms with E-state index in [1.54, 1.807) is 0 Å². The van der Waals surface area contributed by atoms with Gasteiger partial charge in [-0.25, -0.2) is 4.98 Å². The minimum absolute atomic E-state index is 0.0102. The maximum absolute atomic E-state index is 11.9. The first-order chi connectivity index (χ1) is 9.88. The van der Waals surface area contributed by atoms with E-state index in [1.165, 1.54) is 12.1 Å². The van der Waals surface area contributed by atoms with E-state index in [-0.39, 0.29) is 20.7 Å². The highest BCUT2D eigenvalue weighted by atomic mass is 35.5. The van der Waals surface area contributed by atoms with Crippen LogP contribution in [0, 0.1) is 20.2 Å². The van der Waals surface area contributed by atoms with Gasteiger partial charge in [-0.15, -0.1) is 0 Å². The molecule has 0 bridgehead atoms. The van der Waals surface area contributed by atoms with E-state index < -0.39 is 21.4 Å². The molecule has 0 saturated carbocycles. The second-order valence-electron chi connectivity index (χ2n) is 3.64. The van der Waals surface area contributed by atoms with Gasteiger partial charge in [0.05, 0.1) is 9.85 Å². The number of benzene rings is 1. The molecule has 1 aromatic heterocycles. The Morgan fingerprint density at radius 2 is 2.00 bits per heavy atom. The molecule has 0 aliphatic rings. The Morgan fingerprint density at radius 1 is 1.29 bits per heavy atom. The fourth-order valence-electron chi connectivity index (χ4n) is 1.37. The van der Waals surface area contributed by atoms with E-state index >= 15 is 0 Å². The Kier molecular flexibility index (Phi) is 4.10. The number of carbonyl (C=O) groups is 1. The van der Waals surface area contributed by atoms with E-state index in [9.17, 15) is 25.0 Å². The third kappa shape index (κ3) is 3.30. The molecule has 108 valence electrons. The smallest absolute Gasteiger partial charge is 0.298 e. The lowest BCUT2D eigenvalue weighted by molar-refractivity contribution is -0.384. The molecule has 0 unspecified atom stereocenters. The molecule has 9 nitrogen and oxygen atoms in total. The number of aromatic nitrogens is 1. The molecule has 21 heavy (non-hydrogen) atoms. The summed E-state index contributed by atoms with van der Waals surface area (Å²) in [5, 5.41) is 23.2. The number of amides is 1. The van der Waals surface area contributed by atoms with Crippen LogP contribution in [-0.2, 0) is 0 Å². The lowest BCUT2D eigenvalue weighted by Gasteiger charge is -2.02. The number of nitro benzene ring substituents is 1. The SMILES string of the molecule is O=C(Nc1ncc([N+](=O)[O-])s1)c1ccc(Cl)c([N+](=O)[O-])c1. The predicted octanol–water partition coefficient (Wildman–Crippen LogP) is 2.87. The van der Waals surface area contributed by atoms with Crippen LogP contribution in [0.3, 0.4) is 0 Å². The molecule has 11 heteroatoms. The summed E-state index contributed by atoms with van der Waals surface area (Å²) in [5.74, 6) is -0.681. The van der Waals surface area contributed by atoms with Crippen molar-refractivity contribution in [3.05, 3.63) is 55.2 Å². The quantitative estimate of drug-likeness (QED) is 0.678. The van der Waals surface area contributed by atoms with Crippen LogP contribution < -0.4 is 5.32 Å². The van der Waals surface area contributed by atoms with Gasteiger partial charge in [-0.1, -0.05) is 11.6 Å². The number of nitrogens with zero attached hydrogens (tertiary/aromatic N) is 3. The standard InChI is InChI=1S/C10H5ClN4O5S/c11-6-2-1-5(3-7(6)14(17)18)9(16)13-10-12-4-8(21-10)15(19)20/h1-4H,(H,12,13,16). The first-order valence-electron chi connectivity index (χ1n) is 5.24. The Bertz CT molecular complexity index is 747. The Labute approximate surface area is 125 Å². The maximum atomic E-state index is 11.9. The number of hydrogen-bond donors (Lipinski definition) is 1. The molecule has 0 saturated heterocycles. The molecule has 2 aromatic rings. The molecular formula is C10H5ClN4O5S. The normalized spacial score (nSPS) is 10.1. The number of rotatable bonds is 4. The molecule has 2 rings (SSSR count). The maximum Gasteiger partial charge on any atom is 0.345 e. The van der Waals surface area contributed by atoms with Crippen molar-refractivity contribution in [2.45, 2.75) is 0 Å². The van der Waals surface area contributed by atoms with Crippen LogP contribution in [0.4, 0.5) is 15.8 Å². The molecule has 1 heterocycles. The summed E-state index contributed by atoms with van der Waals surface area (Å²) >= 11 is 6.31. The molecular weight excluding hydrogens is 324 g/mol. The van der Waals surface area contributed by atoms with Crippen molar-refractivity contribution in [1.29, 1.82) is 0 Å². The highest BCUT2D eigenvalue weighted by molar-refractivity contribution is 7.18. The number of anilines is 1. The van der Waals surface area contributed by atoms with Gasteiger partial charge in [-0.3, -0.25) is 30.3 Å². The summed E-state index contributed by atoms with van der Waals surface area (Å²) in [6.45, 7) is 0. The third-order valence-corrected chi connectivity index (χ3v) is 3.48. The second kappa shape index (κ2) is 5.81. The first kappa shape index (κ1) is 14.8. The molecule has 1 aromatic carbocycles. The van der Waals surface area contributed by atoms with Crippen LogP contribution in [0.15, 0.2) is 24.4 Å². The van der Waals surface area contributed by atoms with Crippen molar-refractivity contribution in [3.63, 3.8) is 0 Å². The summed E-state index contributed by atoms with van der Waals surface area (Å²) < 4.78 is 0. The van der Waals surface area contributed by atoms with Crippen LogP contribution in [0.25, 0.3) is 0 Å². The van der Waals surface area contributed by atoms with E-state index in [0.717, 1.165) is 12.3 Å². The van der Waals surface area contributed by atoms with Gasteiger partial charge in [0, 0.05) is 11.6 Å². The average molecular weight is 329 g/mol. The molecule has 0 spiro atoms. The molecule has 1 N–H and O–H groups in total. The van der Waals surface area contributed by atoms with Crippen molar-refractivity contribution in [2.75, 3.05) is 5.32 Å². The van der Waals surface area contributed by atoms with Gasteiger partial charge in [-0.2, -0.15) is 0 Å². The number of nitro groups is 2. The second-order valence-corrected chi connectivity index (χ2v) is 5.05. The fraction of sp³-hybridized carbons (Fsp3) is 0. The van der Waals surface area contributed by atoms with Crippen LogP contribution in [0.5, 0.6) is 0 Å². The molecule has 0 atom stereocenters. The van der Waals surface area contributed by atoms with Crippen molar-refractivity contribution in [2.24, 2.45) is 0 Å². The molecule has 0 radical (unpaired) electrons. The average Bonchev–Trinajstić information content (AvgIpc) is 2.87. The van der Waals surface area contributed by atoms with Gasteiger partial charge in [-0.05, 0) is 23.5 Å². The lowest BCUT2D eigenvalue weighted by Crippen LogP contribution is -2.11. The van der Waals surface area contributed by atoms with Crippen LogP contribution in [0.2, 0.25) is 5.02 Å². The third-order valence-electron chi connectivity index (χ3n) is 2.30. The topological polar surface area (TPSA) is 128 Å². The van der Waals surface area contributed by atoms with E-state index in [4.69, 9.17) is 11.6 Å². The Morgan fingerprint density at radius 3 is 2.57 bits per heavy atom. The summed E-state index contributed by atoms with van der Waals surface area (Å²) in [4.78, 5) is 35.4. The number of halogens is 1. The summed E-state index contributed by atoms with van der Waals surface area (Å²) in [7, 11) is 0. The van der Waals surface area contributed by atoms with Gasteiger partial charge in [0.1, 0.15) is 11.2 Å².